The zero-order valence-electron chi connectivity index (χ0n) is 12.5. The Labute approximate surface area is 138 Å². The molecule has 2 aromatic carbocycles. The van der Waals surface area contributed by atoms with Crippen LogP contribution in [0.2, 0.25) is 5.02 Å². The summed E-state index contributed by atoms with van der Waals surface area (Å²) in [5.41, 5.74) is 1.96. The second kappa shape index (κ2) is 7.74. The van der Waals surface area contributed by atoms with E-state index in [2.05, 4.69) is 10.6 Å². The Morgan fingerprint density at radius 1 is 1.09 bits per heavy atom. The van der Waals surface area contributed by atoms with Crippen LogP contribution in [0.1, 0.15) is 11.1 Å². The molecule has 0 radical (unpaired) electrons. The van der Waals surface area contributed by atoms with Gasteiger partial charge in [0, 0.05) is 17.3 Å². The van der Waals surface area contributed by atoms with Gasteiger partial charge < -0.3 is 10.6 Å². The van der Waals surface area contributed by atoms with E-state index in [9.17, 15) is 14.0 Å². The van der Waals surface area contributed by atoms with Gasteiger partial charge in [-0.1, -0.05) is 23.7 Å². The SMILES string of the molecule is Cc1cc(F)ccc1NC(=O)C(=O)NCCc1ccc(Cl)cc1. The molecule has 2 amide bonds. The molecule has 0 saturated heterocycles. The molecule has 0 unspecified atom stereocenters. The molecule has 2 aromatic rings. The monoisotopic (exact) mass is 334 g/mol. The van der Waals surface area contributed by atoms with Gasteiger partial charge in [0.2, 0.25) is 0 Å². The van der Waals surface area contributed by atoms with E-state index in [-0.39, 0.29) is 0 Å². The standard InChI is InChI=1S/C17H16ClFN2O2/c1-11-10-14(19)6-7-15(11)21-17(23)16(22)20-9-8-12-2-4-13(18)5-3-12/h2-7,10H,8-9H2,1H3,(H,20,22)(H,21,23). The highest BCUT2D eigenvalue weighted by Crippen LogP contribution is 2.15. The van der Waals surface area contributed by atoms with Crippen molar-refractivity contribution in [3.63, 3.8) is 0 Å². The van der Waals surface area contributed by atoms with Gasteiger partial charge in [0.05, 0.1) is 0 Å². The zero-order valence-corrected chi connectivity index (χ0v) is 13.3. The normalized spacial score (nSPS) is 10.2. The first-order valence-electron chi connectivity index (χ1n) is 7.05. The van der Waals surface area contributed by atoms with E-state index in [1.165, 1.54) is 18.2 Å². The van der Waals surface area contributed by atoms with Gasteiger partial charge in [-0.2, -0.15) is 0 Å². The summed E-state index contributed by atoms with van der Waals surface area (Å²) in [5, 5.41) is 5.64. The van der Waals surface area contributed by atoms with Crippen LogP contribution in [-0.2, 0) is 16.0 Å². The number of carbonyl (C=O) groups is 2. The lowest BCUT2D eigenvalue weighted by Crippen LogP contribution is -2.36. The molecule has 0 heterocycles. The van der Waals surface area contributed by atoms with Crippen LogP contribution in [-0.4, -0.2) is 18.4 Å². The van der Waals surface area contributed by atoms with Crippen molar-refractivity contribution < 1.29 is 14.0 Å². The Balaban J connectivity index is 1.83. The van der Waals surface area contributed by atoms with Gasteiger partial charge >= 0.3 is 11.8 Å². The highest BCUT2D eigenvalue weighted by Gasteiger charge is 2.14. The summed E-state index contributed by atoms with van der Waals surface area (Å²) in [6, 6.07) is 11.2. The van der Waals surface area contributed by atoms with E-state index in [4.69, 9.17) is 11.6 Å². The highest BCUT2D eigenvalue weighted by molar-refractivity contribution is 6.39. The molecule has 0 saturated carbocycles. The molecule has 0 atom stereocenters. The molecule has 2 rings (SSSR count). The fourth-order valence-corrected chi connectivity index (χ4v) is 2.12. The Bertz CT molecular complexity index is 717. The van der Waals surface area contributed by atoms with Crippen molar-refractivity contribution >= 4 is 29.1 Å². The minimum atomic E-state index is -0.782. The largest absolute Gasteiger partial charge is 0.347 e. The van der Waals surface area contributed by atoms with Crippen LogP contribution < -0.4 is 10.6 Å². The van der Waals surface area contributed by atoms with Crippen molar-refractivity contribution in [2.75, 3.05) is 11.9 Å². The maximum atomic E-state index is 13.0. The Morgan fingerprint density at radius 2 is 1.78 bits per heavy atom. The maximum Gasteiger partial charge on any atom is 0.313 e. The topological polar surface area (TPSA) is 58.2 Å². The zero-order chi connectivity index (χ0) is 16.8. The van der Waals surface area contributed by atoms with Gasteiger partial charge in [0.25, 0.3) is 0 Å². The van der Waals surface area contributed by atoms with Gasteiger partial charge in [-0.15, -0.1) is 0 Å². The van der Waals surface area contributed by atoms with E-state index in [1.54, 1.807) is 19.1 Å². The molecule has 0 spiro atoms. The van der Waals surface area contributed by atoms with E-state index in [0.717, 1.165) is 5.56 Å². The maximum absolute atomic E-state index is 13.0. The van der Waals surface area contributed by atoms with Crippen molar-refractivity contribution in [3.8, 4) is 0 Å². The van der Waals surface area contributed by atoms with Crippen molar-refractivity contribution in [2.24, 2.45) is 0 Å². The van der Waals surface area contributed by atoms with E-state index in [1.807, 2.05) is 12.1 Å². The number of halogens is 2. The molecule has 0 fully saturated rings. The Kier molecular flexibility index (Phi) is 5.71. The number of benzene rings is 2. The van der Waals surface area contributed by atoms with Crippen molar-refractivity contribution in [1.29, 1.82) is 0 Å². The Morgan fingerprint density at radius 3 is 2.43 bits per heavy atom. The summed E-state index contributed by atoms with van der Waals surface area (Å²) in [6.07, 6.45) is 0.589. The summed E-state index contributed by atoms with van der Waals surface area (Å²) >= 11 is 5.79. The molecule has 6 heteroatoms. The molecule has 0 aromatic heterocycles. The average Bonchev–Trinajstić information content (AvgIpc) is 2.51. The summed E-state index contributed by atoms with van der Waals surface area (Å²) < 4.78 is 13.0. The van der Waals surface area contributed by atoms with Crippen LogP contribution in [0.25, 0.3) is 0 Å². The third kappa shape index (κ3) is 5.07. The van der Waals surface area contributed by atoms with Crippen LogP contribution in [0.15, 0.2) is 42.5 Å². The highest BCUT2D eigenvalue weighted by atomic mass is 35.5. The van der Waals surface area contributed by atoms with Crippen LogP contribution >= 0.6 is 11.6 Å². The van der Waals surface area contributed by atoms with Crippen LogP contribution in [0.5, 0.6) is 0 Å². The summed E-state index contributed by atoms with van der Waals surface area (Å²) in [6.45, 7) is 1.98. The first-order valence-corrected chi connectivity index (χ1v) is 7.43. The lowest BCUT2D eigenvalue weighted by molar-refractivity contribution is -0.136. The van der Waals surface area contributed by atoms with Gasteiger partial charge in [0.1, 0.15) is 5.82 Å². The predicted molar refractivity (Wildman–Crippen MR) is 87.9 cm³/mol. The number of hydrogen-bond acceptors (Lipinski definition) is 2. The third-order valence-electron chi connectivity index (χ3n) is 3.26. The van der Waals surface area contributed by atoms with Gasteiger partial charge in [-0.05, 0) is 54.8 Å². The smallest absolute Gasteiger partial charge is 0.313 e. The molecule has 0 bridgehead atoms. The lowest BCUT2D eigenvalue weighted by atomic mass is 10.1. The molecular weight excluding hydrogens is 319 g/mol. The number of anilines is 1. The second-order valence-electron chi connectivity index (χ2n) is 5.05. The lowest BCUT2D eigenvalue weighted by Gasteiger charge is -2.09. The Hall–Kier alpha value is -2.40. The van der Waals surface area contributed by atoms with Crippen molar-refractivity contribution in [3.05, 3.63) is 64.4 Å². The van der Waals surface area contributed by atoms with Crippen molar-refractivity contribution in [2.45, 2.75) is 13.3 Å². The van der Waals surface area contributed by atoms with Crippen LogP contribution in [0.4, 0.5) is 10.1 Å². The minimum absolute atomic E-state index is 0.330. The average molecular weight is 335 g/mol. The molecule has 2 N–H and O–H groups in total. The third-order valence-corrected chi connectivity index (χ3v) is 3.51. The summed E-state index contributed by atoms with van der Waals surface area (Å²) in [5.74, 6) is -1.91. The summed E-state index contributed by atoms with van der Waals surface area (Å²) in [4.78, 5) is 23.6. The molecule has 0 aliphatic carbocycles. The molecule has 4 nitrogen and oxygen atoms in total. The van der Waals surface area contributed by atoms with Crippen LogP contribution in [0, 0.1) is 12.7 Å². The molecule has 120 valence electrons. The van der Waals surface area contributed by atoms with Crippen LogP contribution in [0.3, 0.4) is 0 Å². The molecule has 0 aliphatic rings. The minimum Gasteiger partial charge on any atom is -0.347 e. The molecule has 23 heavy (non-hydrogen) atoms. The van der Waals surface area contributed by atoms with Crippen molar-refractivity contribution in [1.82, 2.24) is 5.32 Å². The number of hydrogen-bond donors (Lipinski definition) is 2. The summed E-state index contributed by atoms with van der Waals surface area (Å²) in [7, 11) is 0. The van der Waals surface area contributed by atoms with Gasteiger partial charge in [0.15, 0.2) is 0 Å². The molecular formula is C17H16ClFN2O2. The first kappa shape index (κ1) is 17.0. The predicted octanol–water partition coefficient (Wildman–Crippen LogP) is 3.08. The number of amides is 2. The van der Waals surface area contributed by atoms with Gasteiger partial charge in [-0.25, -0.2) is 4.39 Å². The van der Waals surface area contributed by atoms with E-state index in [0.29, 0.717) is 29.2 Å². The van der Waals surface area contributed by atoms with E-state index < -0.39 is 17.6 Å². The number of aryl methyl sites for hydroxylation is 1. The van der Waals surface area contributed by atoms with E-state index >= 15 is 0 Å². The molecule has 0 aliphatic heterocycles. The fourth-order valence-electron chi connectivity index (χ4n) is 2.00. The number of rotatable bonds is 4. The first-order chi connectivity index (χ1) is 11.0. The number of nitrogens with one attached hydrogen (secondary N) is 2. The number of carbonyl (C=O) groups excluding carboxylic acids is 2. The second-order valence-corrected chi connectivity index (χ2v) is 5.48. The fraction of sp³-hybridized carbons (Fsp3) is 0.176. The quantitative estimate of drug-likeness (QED) is 0.844. The van der Waals surface area contributed by atoms with Gasteiger partial charge in [-0.3, -0.25) is 9.59 Å².